The van der Waals surface area contributed by atoms with E-state index in [0.29, 0.717) is 24.7 Å². The van der Waals surface area contributed by atoms with Gasteiger partial charge in [0.05, 0.1) is 13.2 Å². The van der Waals surface area contributed by atoms with E-state index in [1.54, 1.807) is 0 Å². The van der Waals surface area contributed by atoms with E-state index in [4.69, 9.17) is 0 Å². The van der Waals surface area contributed by atoms with Crippen molar-refractivity contribution in [3.05, 3.63) is 0 Å². The fourth-order valence-corrected chi connectivity index (χ4v) is 1.97. The summed E-state index contributed by atoms with van der Waals surface area (Å²) in [7, 11) is 0. The first-order valence-corrected chi connectivity index (χ1v) is 6.87. The van der Waals surface area contributed by atoms with Crippen LogP contribution in [-0.2, 0) is 0 Å². The summed E-state index contributed by atoms with van der Waals surface area (Å²) in [6, 6.07) is 0. The first-order valence-electron chi connectivity index (χ1n) is 6.87. The molecular formula is C14H30O4. The van der Waals surface area contributed by atoms with Gasteiger partial charge in [0.25, 0.3) is 0 Å². The lowest BCUT2D eigenvalue weighted by atomic mass is 9.75. The van der Waals surface area contributed by atoms with E-state index in [9.17, 15) is 20.4 Å². The molecule has 4 nitrogen and oxygen atoms in total. The van der Waals surface area contributed by atoms with Crippen LogP contribution in [0.4, 0.5) is 0 Å². The van der Waals surface area contributed by atoms with Crippen LogP contribution in [-0.4, -0.2) is 44.8 Å². The Bertz CT molecular complexity index is 206. The van der Waals surface area contributed by atoms with Crippen molar-refractivity contribution in [2.45, 2.75) is 64.6 Å². The Hall–Kier alpha value is -0.160. The van der Waals surface area contributed by atoms with E-state index in [0.717, 1.165) is 0 Å². The van der Waals surface area contributed by atoms with E-state index in [1.165, 1.54) is 0 Å². The summed E-state index contributed by atoms with van der Waals surface area (Å²) in [5.41, 5.74) is -3.25. The van der Waals surface area contributed by atoms with Crippen molar-refractivity contribution >= 4 is 0 Å². The average molecular weight is 262 g/mol. The molecule has 0 aromatic carbocycles. The molecule has 0 radical (unpaired) electrons. The fraction of sp³-hybridized carbons (Fsp3) is 1.00. The van der Waals surface area contributed by atoms with Crippen LogP contribution in [0.3, 0.4) is 0 Å². The predicted octanol–water partition coefficient (Wildman–Crippen LogP) is 1.31. The summed E-state index contributed by atoms with van der Waals surface area (Å²) in [5, 5.41) is 39.7. The number of rotatable bonds is 9. The standard InChI is InChI=1S/C14H30O4/c1-11(2)5-7-13(17,9-15)14(18,10-16)8-6-12(3)4/h11-12,15-18H,5-10H2,1-4H3/t13-,14+. The van der Waals surface area contributed by atoms with Gasteiger partial charge in [-0.2, -0.15) is 0 Å². The summed E-state index contributed by atoms with van der Waals surface area (Å²) < 4.78 is 0. The molecule has 0 saturated heterocycles. The normalized spacial score (nSPS) is 19.0. The summed E-state index contributed by atoms with van der Waals surface area (Å²) >= 11 is 0. The molecule has 0 heterocycles. The minimum atomic E-state index is -1.62. The third kappa shape index (κ3) is 4.84. The molecule has 4 heteroatoms. The van der Waals surface area contributed by atoms with Crippen LogP contribution in [0.1, 0.15) is 53.4 Å². The molecule has 0 aliphatic carbocycles. The SMILES string of the molecule is CC(C)CC[C@](O)(CO)[C@](O)(CO)CCC(C)C. The second-order valence-electron chi connectivity index (χ2n) is 6.24. The lowest BCUT2D eigenvalue weighted by Gasteiger charge is -2.42. The Morgan fingerprint density at radius 1 is 0.722 bits per heavy atom. The van der Waals surface area contributed by atoms with E-state index in [2.05, 4.69) is 0 Å². The van der Waals surface area contributed by atoms with Crippen LogP contribution in [0.15, 0.2) is 0 Å². The van der Waals surface area contributed by atoms with Crippen molar-refractivity contribution in [2.75, 3.05) is 13.2 Å². The highest BCUT2D eigenvalue weighted by molar-refractivity contribution is 4.99. The Labute approximate surface area is 111 Å². The molecule has 0 fully saturated rings. The number of hydrogen-bond acceptors (Lipinski definition) is 4. The zero-order chi connectivity index (χ0) is 14.4. The molecule has 0 aromatic heterocycles. The van der Waals surface area contributed by atoms with Crippen molar-refractivity contribution < 1.29 is 20.4 Å². The second-order valence-corrected chi connectivity index (χ2v) is 6.24. The third-order valence-electron chi connectivity index (χ3n) is 3.66. The van der Waals surface area contributed by atoms with Gasteiger partial charge in [0.15, 0.2) is 0 Å². The van der Waals surface area contributed by atoms with Crippen LogP contribution in [0.5, 0.6) is 0 Å². The minimum Gasteiger partial charge on any atom is -0.393 e. The Balaban J connectivity index is 4.80. The van der Waals surface area contributed by atoms with Crippen molar-refractivity contribution in [3.8, 4) is 0 Å². The molecule has 0 aliphatic rings. The molecule has 0 aliphatic heterocycles. The predicted molar refractivity (Wildman–Crippen MR) is 72.2 cm³/mol. The summed E-state index contributed by atoms with van der Waals surface area (Å²) in [6.07, 6.45) is 1.97. The smallest absolute Gasteiger partial charge is 0.118 e. The van der Waals surface area contributed by atoms with Gasteiger partial charge in [-0.15, -0.1) is 0 Å². The molecular weight excluding hydrogens is 232 g/mol. The molecule has 0 spiro atoms. The molecule has 110 valence electrons. The maximum absolute atomic E-state index is 10.4. The number of aliphatic hydroxyl groups is 4. The fourth-order valence-electron chi connectivity index (χ4n) is 1.97. The van der Waals surface area contributed by atoms with Gasteiger partial charge >= 0.3 is 0 Å². The second kappa shape index (κ2) is 7.43. The highest BCUT2D eigenvalue weighted by atomic mass is 16.4. The van der Waals surface area contributed by atoms with Gasteiger partial charge < -0.3 is 20.4 Å². The molecule has 18 heavy (non-hydrogen) atoms. The van der Waals surface area contributed by atoms with Gasteiger partial charge in [-0.25, -0.2) is 0 Å². The topological polar surface area (TPSA) is 80.9 Å². The summed E-state index contributed by atoms with van der Waals surface area (Å²) in [4.78, 5) is 0. The maximum Gasteiger partial charge on any atom is 0.118 e. The van der Waals surface area contributed by atoms with Crippen molar-refractivity contribution in [1.82, 2.24) is 0 Å². The zero-order valence-corrected chi connectivity index (χ0v) is 12.2. The molecule has 0 rings (SSSR count). The average Bonchev–Trinajstić information content (AvgIpc) is 2.32. The van der Waals surface area contributed by atoms with Gasteiger partial charge in [-0.05, 0) is 37.5 Å². The number of aliphatic hydroxyl groups excluding tert-OH is 2. The zero-order valence-electron chi connectivity index (χ0n) is 12.2. The quantitative estimate of drug-likeness (QED) is 0.505. The monoisotopic (exact) mass is 262 g/mol. The van der Waals surface area contributed by atoms with Gasteiger partial charge in [0.1, 0.15) is 11.2 Å². The van der Waals surface area contributed by atoms with Crippen molar-refractivity contribution in [1.29, 1.82) is 0 Å². The van der Waals surface area contributed by atoms with Gasteiger partial charge in [-0.1, -0.05) is 27.7 Å². The van der Waals surface area contributed by atoms with Crippen LogP contribution in [0.25, 0.3) is 0 Å². The first kappa shape index (κ1) is 17.8. The van der Waals surface area contributed by atoms with E-state index >= 15 is 0 Å². The molecule has 0 amide bonds. The van der Waals surface area contributed by atoms with Crippen molar-refractivity contribution in [3.63, 3.8) is 0 Å². The van der Waals surface area contributed by atoms with Crippen LogP contribution >= 0.6 is 0 Å². The van der Waals surface area contributed by atoms with E-state index in [1.807, 2.05) is 27.7 Å². The molecule has 2 atom stereocenters. The van der Waals surface area contributed by atoms with Crippen LogP contribution < -0.4 is 0 Å². The lowest BCUT2D eigenvalue weighted by Crippen LogP contribution is -2.59. The third-order valence-corrected chi connectivity index (χ3v) is 3.66. The van der Waals surface area contributed by atoms with Gasteiger partial charge in [0, 0.05) is 0 Å². The maximum atomic E-state index is 10.4. The Kier molecular flexibility index (Phi) is 7.37. The Morgan fingerprint density at radius 3 is 1.17 bits per heavy atom. The largest absolute Gasteiger partial charge is 0.393 e. The highest BCUT2D eigenvalue weighted by Gasteiger charge is 2.47. The molecule has 0 aromatic rings. The summed E-state index contributed by atoms with van der Waals surface area (Å²) in [6.45, 7) is 7.01. The lowest BCUT2D eigenvalue weighted by molar-refractivity contribution is -0.198. The minimum absolute atomic E-state index is 0.288. The highest BCUT2D eigenvalue weighted by Crippen LogP contribution is 2.33. The number of hydrogen-bond donors (Lipinski definition) is 4. The Morgan fingerprint density at radius 2 is 1.00 bits per heavy atom. The van der Waals surface area contributed by atoms with Gasteiger partial charge in [0.2, 0.25) is 0 Å². The van der Waals surface area contributed by atoms with E-state index in [-0.39, 0.29) is 12.8 Å². The first-order chi connectivity index (χ1) is 8.20. The van der Waals surface area contributed by atoms with Crippen LogP contribution in [0.2, 0.25) is 0 Å². The van der Waals surface area contributed by atoms with E-state index < -0.39 is 24.4 Å². The van der Waals surface area contributed by atoms with Crippen LogP contribution in [0, 0.1) is 11.8 Å². The van der Waals surface area contributed by atoms with Gasteiger partial charge in [-0.3, -0.25) is 0 Å². The summed E-state index contributed by atoms with van der Waals surface area (Å²) in [5.74, 6) is 0.743. The molecule has 0 bridgehead atoms. The molecule has 0 saturated carbocycles. The molecule has 4 N–H and O–H groups in total. The van der Waals surface area contributed by atoms with Crippen molar-refractivity contribution in [2.24, 2.45) is 11.8 Å². The molecule has 0 unspecified atom stereocenters.